The maximum atomic E-state index is 12.1. The summed E-state index contributed by atoms with van der Waals surface area (Å²) in [5.41, 5.74) is 1.15. The molecule has 1 rings (SSSR count). The molecule has 86 valence electrons. The van der Waals surface area contributed by atoms with Crippen LogP contribution in [-0.2, 0) is 0 Å². The molecule has 1 aromatic rings. The van der Waals surface area contributed by atoms with Gasteiger partial charge in [0.15, 0.2) is 0 Å². The summed E-state index contributed by atoms with van der Waals surface area (Å²) in [5, 5.41) is 8.60. The van der Waals surface area contributed by atoms with E-state index < -0.39 is 0 Å². The summed E-state index contributed by atoms with van der Waals surface area (Å²) < 4.78 is 0. The summed E-state index contributed by atoms with van der Waals surface area (Å²) in [6, 6.07) is 3.95. The molecule has 1 unspecified atom stereocenters. The van der Waals surface area contributed by atoms with E-state index in [-0.39, 0.29) is 11.9 Å². The molecule has 1 atom stereocenters. The van der Waals surface area contributed by atoms with Gasteiger partial charge in [-0.2, -0.15) is 5.26 Å². The van der Waals surface area contributed by atoms with Gasteiger partial charge < -0.3 is 4.90 Å². The molecule has 0 aromatic carbocycles. The van der Waals surface area contributed by atoms with Gasteiger partial charge in [0.05, 0.1) is 17.4 Å². The third kappa shape index (κ3) is 2.61. The summed E-state index contributed by atoms with van der Waals surface area (Å²) >= 11 is 1.51. The first-order valence-electron chi connectivity index (χ1n) is 5.18. The summed E-state index contributed by atoms with van der Waals surface area (Å²) in [6.07, 6.45) is 0.367. The second-order valence-corrected chi connectivity index (χ2v) is 5.23. The molecule has 0 aliphatic rings. The second kappa shape index (κ2) is 5.13. The molecule has 1 aromatic heterocycles. The van der Waals surface area contributed by atoms with Crippen LogP contribution in [0.15, 0.2) is 6.07 Å². The van der Waals surface area contributed by atoms with Gasteiger partial charge in [-0.1, -0.05) is 0 Å². The standard InChI is InChI=1S/C12H16N2OS/c1-8-7-11(16-10(8)3)12(15)14(4)9(2)5-6-13/h7,9H,5H2,1-4H3. The Morgan fingerprint density at radius 3 is 2.69 bits per heavy atom. The maximum Gasteiger partial charge on any atom is 0.263 e. The Morgan fingerprint density at radius 1 is 1.62 bits per heavy atom. The van der Waals surface area contributed by atoms with Crippen LogP contribution in [0.3, 0.4) is 0 Å². The van der Waals surface area contributed by atoms with Gasteiger partial charge in [-0.15, -0.1) is 11.3 Å². The molecule has 0 fully saturated rings. The molecule has 0 bridgehead atoms. The Kier molecular flexibility index (Phi) is 4.08. The Hall–Kier alpha value is -1.34. The van der Waals surface area contributed by atoms with Crippen molar-refractivity contribution in [1.82, 2.24) is 4.90 Å². The highest BCUT2D eigenvalue weighted by molar-refractivity contribution is 7.14. The normalized spacial score (nSPS) is 11.9. The lowest BCUT2D eigenvalue weighted by Crippen LogP contribution is -2.34. The van der Waals surface area contributed by atoms with Crippen LogP contribution in [-0.4, -0.2) is 23.9 Å². The van der Waals surface area contributed by atoms with E-state index in [0.717, 1.165) is 10.4 Å². The topological polar surface area (TPSA) is 44.1 Å². The van der Waals surface area contributed by atoms with Gasteiger partial charge in [-0.3, -0.25) is 4.79 Å². The number of hydrogen-bond donors (Lipinski definition) is 0. The predicted molar refractivity (Wildman–Crippen MR) is 65.6 cm³/mol. The molecule has 1 heterocycles. The SMILES string of the molecule is Cc1cc(C(=O)N(C)C(C)CC#N)sc1C. The van der Waals surface area contributed by atoms with Crippen LogP contribution in [0, 0.1) is 25.2 Å². The van der Waals surface area contributed by atoms with E-state index >= 15 is 0 Å². The number of carbonyl (C=O) groups excluding carboxylic acids is 1. The summed E-state index contributed by atoms with van der Waals surface area (Å²) in [4.78, 5) is 15.6. The molecular formula is C12H16N2OS. The van der Waals surface area contributed by atoms with E-state index in [9.17, 15) is 4.79 Å². The lowest BCUT2D eigenvalue weighted by Gasteiger charge is -2.22. The van der Waals surface area contributed by atoms with Crippen molar-refractivity contribution in [1.29, 1.82) is 5.26 Å². The third-order valence-electron chi connectivity index (χ3n) is 2.74. The van der Waals surface area contributed by atoms with Gasteiger partial charge in [0, 0.05) is 18.0 Å². The van der Waals surface area contributed by atoms with Gasteiger partial charge in [0.1, 0.15) is 0 Å². The molecule has 4 heteroatoms. The molecule has 0 spiro atoms. The molecule has 1 amide bonds. The molecule has 16 heavy (non-hydrogen) atoms. The van der Waals surface area contributed by atoms with Gasteiger partial charge in [-0.25, -0.2) is 0 Å². The van der Waals surface area contributed by atoms with Crippen molar-refractivity contribution in [3.8, 4) is 6.07 Å². The summed E-state index contributed by atoms with van der Waals surface area (Å²) in [6.45, 7) is 5.89. The summed E-state index contributed by atoms with van der Waals surface area (Å²) in [7, 11) is 1.74. The van der Waals surface area contributed by atoms with E-state index in [1.807, 2.05) is 26.8 Å². The van der Waals surface area contributed by atoms with Crippen molar-refractivity contribution < 1.29 is 4.79 Å². The molecule has 0 N–H and O–H groups in total. The lowest BCUT2D eigenvalue weighted by atomic mass is 10.2. The number of hydrogen-bond acceptors (Lipinski definition) is 3. The van der Waals surface area contributed by atoms with Crippen molar-refractivity contribution in [2.75, 3.05) is 7.05 Å². The van der Waals surface area contributed by atoms with Crippen LogP contribution in [0.4, 0.5) is 0 Å². The number of nitriles is 1. The first-order valence-corrected chi connectivity index (χ1v) is 6.00. The minimum atomic E-state index is -0.0415. The molecular weight excluding hydrogens is 220 g/mol. The van der Waals surface area contributed by atoms with Crippen LogP contribution in [0.2, 0.25) is 0 Å². The fraction of sp³-hybridized carbons (Fsp3) is 0.500. The highest BCUT2D eigenvalue weighted by atomic mass is 32.1. The minimum absolute atomic E-state index is 0.00366. The Balaban J connectivity index is 2.82. The number of amides is 1. The van der Waals surface area contributed by atoms with Crippen molar-refractivity contribution in [2.24, 2.45) is 0 Å². The average molecular weight is 236 g/mol. The minimum Gasteiger partial charge on any atom is -0.337 e. The monoisotopic (exact) mass is 236 g/mol. The molecule has 0 aliphatic heterocycles. The number of thiophene rings is 1. The van der Waals surface area contributed by atoms with Crippen molar-refractivity contribution in [2.45, 2.75) is 33.2 Å². The van der Waals surface area contributed by atoms with E-state index in [4.69, 9.17) is 5.26 Å². The van der Waals surface area contributed by atoms with E-state index in [0.29, 0.717) is 6.42 Å². The zero-order chi connectivity index (χ0) is 12.3. The number of nitrogens with zero attached hydrogens (tertiary/aromatic N) is 2. The number of aryl methyl sites for hydroxylation is 2. The highest BCUT2D eigenvalue weighted by Gasteiger charge is 2.19. The van der Waals surface area contributed by atoms with E-state index in [2.05, 4.69) is 6.07 Å². The van der Waals surface area contributed by atoms with Crippen LogP contribution < -0.4 is 0 Å². The molecule has 0 saturated carbocycles. The number of carbonyl (C=O) groups is 1. The van der Waals surface area contributed by atoms with Crippen molar-refractivity contribution in [3.63, 3.8) is 0 Å². The first-order chi connectivity index (χ1) is 7.47. The number of rotatable bonds is 3. The van der Waals surface area contributed by atoms with E-state index in [1.165, 1.54) is 16.2 Å². The third-order valence-corrected chi connectivity index (χ3v) is 3.89. The Bertz CT molecular complexity index is 411. The smallest absolute Gasteiger partial charge is 0.263 e. The Labute approximate surface area is 100 Å². The van der Waals surface area contributed by atoms with Gasteiger partial charge >= 0.3 is 0 Å². The molecule has 0 saturated heterocycles. The lowest BCUT2D eigenvalue weighted by molar-refractivity contribution is 0.0751. The van der Waals surface area contributed by atoms with Crippen LogP contribution in [0.25, 0.3) is 0 Å². The van der Waals surface area contributed by atoms with Gasteiger partial charge in [0.25, 0.3) is 5.91 Å². The maximum absolute atomic E-state index is 12.1. The fourth-order valence-electron chi connectivity index (χ4n) is 1.32. The first kappa shape index (κ1) is 12.7. The fourth-order valence-corrected chi connectivity index (χ4v) is 2.34. The zero-order valence-electron chi connectivity index (χ0n) is 10.1. The quantitative estimate of drug-likeness (QED) is 0.810. The van der Waals surface area contributed by atoms with Crippen LogP contribution in [0.1, 0.15) is 33.5 Å². The molecule has 0 radical (unpaired) electrons. The van der Waals surface area contributed by atoms with Crippen LogP contribution >= 0.6 is 11.3 Å². The van der Waals surface area contributed by atoms with Crippen LogP contribution in [0.5, 0.6) is 0 Å². The van der Waals surface area contributed by atoms with Crippen molar-refractivity contribution in [3.05, 3.63) is 21.4 Å². The Morgan fingerprint density at radius 2 is 2.25 bits per heavy atom. The zero-order valence-corrected chi connectivity index (χ0v) is 10.9. The second-order valence-electron chi connectivity index (χ2n) is 3.98. The summed E-state index contributed by atoms with van der Waals surface area (Å²) in [5.74, 6) is 0.00366. The average Bonchev–Trinajstić information content (AvgIpc) is 2.57. The molecule has 3 nitrogen and oxygen atoms in total. The van der Waals surface area contributed by atoms with Gasteiger partial charge in [-0.05, 0) is 32.4 Å². The van der Waals surface area contributed by atoms with Gasteiger partial charge in [0.2, 0.25) is 0 Å². The van der Waals surface area contributed by atoms with E-state index in [1.54, 1.807) is 11.9 Å². The van der Waals surface area contributed by atoms with Crippen molar-refractivity contribution >= 4 is 17.2 Å². The molecule has 0 aliphatic carbocycles. The largest absolute Gasteiger partial charge is 0.337 e. The predicted octanol–water partition coefficient (Wildman–Crippen LogP) is 2.74. The highest BCUT2D eigenvalue weighted by Crippen LogP contribution is 2.22.